The van der Waals surface area contributed by atoms with Crippen LogP contribution in [0.1, 0.15) is 37.5 Å². The summed E-state index contributed by atoms with van der Waals surface area (Å²) in [6, 6.07) is 14.0. The first-order valence-corrected chi connectivity index (χ1v) is 9.13. The predicted octanol–water partition coefficient (Wildman–Crippen LogP) is 4.66. The number of hydrogen-bond donors (Lipinski definition) is 1. The molecule has 4 heteroatoms. The Labute approximate surface area is 152 Å². The van der Waals surface area contributed by atoms with Gasteiger partial charge in [-0.3, -0.25) is 4.79 Å². The second kappa shape index (κ2) is 8.88. The summed E-state index contributed by atoms with van der Waals surface area (Å²) in [6.07, 6.45) is 1.42. The van der Waals surface area contributed by atoms with Crippen molar-refractivity contribution in [2.75, 3.05) is 0 Å². The van der Waals surface area contributed by atoms with Gasteiger partial charge in [0.1, 0.15) is 5.75 Å². The molecule has 0 aromatic heterocycles. The molecule has 24 heavy (non-hydrogen) atoms. The summed E-state index contributed by atoms with van der Waals surface area (Å²) in [5, 5.41) is 2.98. The molecule has 1 N–H and O–H groups in total. The summed E-state index contributed by atoms with van der Waals surface area (Å²) in [6.45, 7) is 6.56. The fourth-order valence-electron chi connectivity index (χ4n) is 2.51. The van der Waals surface area contributed by atoms with E-state index < -0.39 is 6.10 Å². The number of carbonyl (C=O) groups is 1. The molecule has 0 aliphatic heterocycles. The van der Waals surface area contributed by atoms with E-state index in [2.05, 4.69) is 53.3 Å². The third-order valence-corrected chi connectivity index (χ3v) is 4.54. The average molecular weight is 390 g/mol. The number of halogens is 1. The van der Waals surface area contributed by atoms with E-state index in [0.29, 0.717) is 12.3 Å². The number of hydrogen-bond acceptors (Lipinski definition) is 2. The Morgan fingerprint density at radius 3 is 2.42 bits per heavy atom. The molecule has 3 nitrogen and oxygen atoms in total. The Balaban J connectivity index is 1.95. The number of benzene rings is 2. The molecule has 0 saturated carbocycles. The van der Waals surface area contributed by atoms with E-state index >= 15 is 0 Å². The van der Waals surface area contributed by atoms with Gasteiger partial charge < -0.3 is 10.1 Å². The number of carbonyl (C=O) groups excluding carboxylic acids is 1. The predicted molar refractivity (Wildman–Crippen MR) is 101 cm³/mol. The highest BCUT2D eigenvalue weighted by Crippen LogP contribution is 2.17. The highest BCUT2D eigenvalue weighted by molar-refractivity contribution is 9.10. The van der Waals surface area contributed by atoms with Crippen molar-refractivity contribution in [3.8, 4) is 5.75 Å². The van der Waals surface area contributed by atoms with Gasteiger partial charge in [-0.05, 0) is 60.7 Å². The van der Waals surface area contributed by atoms with Gasteiger partial charge in [0.2, 0.25) is 0 Å². The second-order valence-corrected chi connectivity index (χ2v) is 6.66. The summed E-state index contributed by atoms with van der Waals surface area (Å²) in [4.78, 5) is 12.3. The zero-order chi connectivity index (χ0) is 17.5. The lowest BCUT2D eigenvalue weighted by Gasteiger charge is -2.16. The number of rotatable bonds is 7. The van der Waals surface area contributed by atoms with Gasteiger partial charge >= 0.3 is 0 Å². The molecule has 0 aliphatic rings. The maximum atomic E-state index is 12.3. The molecular formula is C20H24BrNO2. The van der Waals surface area contributed by atoms with Gasteiger partial charge in [0.15, 0.2) is 6.10 Å². The highest BCUT2D eigenvalue weighted by Gasteiger charge is 2.15. The van der Waals surface area contributed by atoms with Crippen molar-refractivity contribution in [3.63, 3.8) is 0 Å². The lowest BCUT2D eigenvalue weighted by Crippen LogP contribution is -2.36. The van der Waals surface area contributed by atoms with Crippen LogP contribution in [-0.2, 0) is 24.2 Å². The van der Waals surface area contributed by atoms with Gasteiger partial charge in [-0.2, -0.15) is 0 Å². The van der Waals surface area contributed by atoms with Crippen LogP contribution in [0.15, 0.2) is 46.9 Å². The van der Waals surface area contributed by atoms with Crippen LogP contribution in [-0.4, -0.2) is 12.0 Å². The Kier molecular flexibility index (Phi) is 6.85. The van der Waals surface area contributed by atoms with Gasteiger partial charge in [0.05, 0.1) is 0 Å². The first-order valence-electron chi connectivity index (χ1n) is 8.34. The minimum absolute atomic E-state index is 0.109. The third-order valence-electron chi connectivity index (χ3n) is 4.01. The number of aryl methyl sites for hydroxylation is 2. The van der Waals surface area contributed by atoms with Crippen LogP contribution in [0.25, 0.3) is 0 Å². The first-order chi connectivity index (χ1) is 11.5. The van der Waals surface area contributed by atoms with E-state index in [-0.39, 0.29) is 5.91 Å². The molecule has 2 rings (SSSR count). The van der Waals surface area contributed by atoms with Crippen molar-refractivity contribution in [2.24, 2.45) is 0 Å². The van der Waals surface area contributed by atoms with Crippen molar-refractivity contribution in [2.45, 2.75) is 46.3 Å². The summed E-state index contributed by atoms with van der Waals surface area (Å²) < 4.78 is 6.67. The van der Waals surface area contributed by atoms with Crippen molar-refractivity contribution in [1.82, 2.24) is 5.32 Å². The first kappa shape index (κ1) is 18.5. The Bertz CT molecular complexity index is 683. The monoisotopic (exact) mass is 389 g/mol. The van der Waals surface area contributed by atoms with Crippen LogP contribution in [0.2, 0.25) is 0 Å². The topological polar surface area (TPSA) is 38.3 Å². The molecule has 0 bridgehead atoms. The van der Waals surface area contributed by atoms with Gasteiger partial charge in [-0.15, -0.1) is 0 Å². The minimum atomic E-state index is -0.536. The maximum Gasteiger partial charge on any atom is 0.261 e. The van der Waals surface area contributed by atoms with E-state index in [1.807, 2.05) is 24.3 Å². The van der Waals surface area contributed by atoms with Crippen molar-refractivity contribution in [1.29, 1.82) is 0 Å². The number of amides is 1. The van der Waals surface area contributed by atoms with Gasteiger partial charge in [0.25, 0.3) is 5.91 Å². The average Bonchev–Trinajstić information content (AvgIpc) is 2.61. The molecule has 1 atom stereocenters. The van der Waals surface area contributed by atoms with E-state index in [1.54, 1.807) is 6.92 Å². The lowest BCUT2D eigenvalue weighted by molar-refractivity contribution is -0.127. The fraction of sp³-hybridized carbons (Fsp3) is 0.350. The molecule has 2 aromatic carbocycles. The quantitative estimate of drug-likeness (QED) is 0.747. The maximum absolute atomic E-state index is 12.3. The van der Waals surface area contributed by atoms with Crippen molar-refractivity contribution in [3.05, 3.63) is 63.6 Å². The molecule has 0 saturated heterocycles. The van der Waals surface area contributed by atoms with E-state index in [4.69, 9.17) is 4.74 Å². The van der Waals surface area contributed by atoms with Crippen LogP contribution in [0.3, 0.4) is 0 Å². The molecule has 0 fully saturated rings. The molecule has 1 amide bonds. The molecule has 0 spiro atoms. The molecule has 0 radical (unpaired) electrons. The SMILES string of the molecule is CCc1ccc(CC)c(CNC(=O)C(C)Oc2ccc(Br)cc2)c1. The van der Waals surface area contributed by atoms with E-state index in [0.717, 1.165) is 17.3 Å². The van der Waals surface area contributed by atoms with Crippen molar-refractivity contribution >= 4 is 21.8 Å². The van der Waals surface area contributed by atoms with Crippen LogP contribution >= 0.6 is 15.9 Å². The zero-order valence-electron chi connectivity index (χ0n) is 14.4. The van der Waals surface area contributed by atoms with Crippen LogP contribution in [0.4, 0.5) is 0 Å². The van der Waals surface area contributed by atoms with E-state index in [1.165, 1.54) is 16.7 Å². The summed E-state index contributed by atoms with van der Waals surface area (Å²) in [5.41, 5.74) is 3.74. The molecule has 0 aliphatic carbocycles. The summed E-state index contributed by atoms with van der Waals surface area (Å²) in [7, 11) is 0. The van der Waals surface area contributed by atoms with E-state index in [9.17, 15) is 4.79 Å². The Morgan fingerprint density at radius 1 is 1.08 bits per heavy atom. The normalized spacial score (nSPS) is 11.8. The fourth-order valence-corrected chi connectivity index (χ4v) is 2.77. The molecule has 2 aromatic rings. The summed E-state index contributed by atoms with van der Waals surface area (Å²) in [5.74, 6) is 0.574. The zero-order valence-corrected chi connectivity index (χ0v) is 16.0. The molecule has 128 valence electrons. The van der Waals surface area contributed by atoms with Gasteiger partial charge in [-0.25, -0.2) is 0 Å². The van der Waals surface area contributed by atoms with Crippen LogP contribution < -0.4 is 10.1 Å². The Morgan fingerprint density at radius 2 is 1.79 bits per heavy atom. The minimum Gasteiger partial charge on any atom is -0.481 e. The molecule has 1 unspecified atom stereocenters. The van der Waals surface area contributed by atoms with Crippen molar-refractivity contribution < 1.29 is 9.53 Å². The summed E-state index contributed by atoms with van der Waals surface area (Å²) >= 11 is 3.38. The van der Waals surface area contributed by atoms with Gasteiger partial charge in [-0.1, -0.05) is 48.0 Å². The number of nitrogens with one attached hydrogen (secondary N) is 1. The standard InChI is InChI=1S/C20H24BrNO2/c1-4-15-6-7-16(5-2)17(12-15)13-22-20(23)14(3)24-19-10-8-18(21)9-11-19/h6-12,14H,4-5,13H2,1-3H3,(H,22,23). The molecule has 0 heterocycles. The van der Waals surface area contributed by atoms with Crippen LogP contribution in [0.5, 0.6) is 5.75 Å². The highest BCUT2D eigenvalue weighted by atomic mass is 79.9. The van der Waals surface area contributed by atoms with Gasteiger partial charge in [0, 0.05) is 11.0 Å². The Hall–Kier alpha value is -1.81. The molecular weight excluding hydrogens is 366 g/mol. The number of ether oxygens (including phenoxy) is 1. The smallest absolute Gasteiger partial charge is 0.261 e. The second-order valence-electron chi connectivity index (χ2n) is 5.74. The van der Waals surface area contributed by atoms with Crippen LogP contribution in [0, 0.1) is 0 Å². The third kappa shape index (κ3) is 5.10. The largest absolute Gasteiger partial charge is 0.481 e. The lowest BCUT2D eigenvalue weighted by atomic mass is 10.0.